The summed E-state index contributed by atoms with van der Waals surface area (Å²) in [4.78, 5) is 18.1. The molecule has 2 aromatic carbocycles. The Morgan fingerprint density at radius 1 is 1.11 bits per heavy atom. The average Bonchev–Trinajstić information content (AvgIpc) is 3.03. The fourth-order valence-corrected chi connectivity index (χ4v) is 4.20. The summed E-state index contributed by atoms with van der Waals surface area (Å²) in [6.07, 6.45) is 5.61. The first-order chi connectivity index (χ1) is 13.6. The highest BCUT2D eigenvalue weighted by molar-refractivity contribution is 5.85. The van der Waals surface area contributed by atoms with Gasteiger partial charge in [0.05, 0.1) is 0 Å². The highest BCUT2D eigenvalue weighted by Crippen LogP contribution is 2.26. The highest BCUT2D eigenvalue weighted by atomic mass is 16.2. The third-order valence-corrected chi connectivity index (χ3v) is 5.80. The first-order valence-corrected chi connectivity index (χ1v) is 10.2. The van der Waals surface area contributed by atoms with E-state index < -0.39 is 0 Å². The number of carbonyl (C=O) groups excluding carboxylic acids is 1. The Kier molecular flexibility index (Phi) is 5.34. The van der Waals surface area contributed by atoms with Crippen molar-refractivity contribution in [2.24, 2.45) is 0 Å². The molecule has 4 rings (SSSR count). The second kappa shape index (κ2) is 8.05. The lowest BCUT2D eigenvalue weighted by atomic mass is 9.99. The predicted molar refractivity (Wildman–Crippen MR) is 116 cm³/mol. The number of carbonyl (C=O) groups is 1. The van der Waals surface area contributed by atoms with Crippen molar-refractivity contribution < 1.29 is 4.79 Å². The van der Waals surface area contributed by atoms with Crippen LogP contribution in [0.1, 0.15) is 41.6 Å². The van der Waals surface area contributed by atoms with Crippen LogP contribution in [0.4, 0.5) is 0 Å². The van der Waals surface area contributed by atoms with Crippen molar-refractivity contribution in [1.29, 1.82) is 0 Å². The molecule has 3 nitrogen and oxygen atoms in total. The summed E-state index contributed by atoms with van der Waals surface area (Å²) < 4.78 is 0. The van der Waals surface area contributed by atoms with Crippen LogP contribution < -0.4 is 0 Å². The first-order valence-electron chi connectivity index (χ1n) is 10.2. The summed E-state index contributed by atoms with van der Waals surface area (Å²) in [6, 6.07) is 17.0. The predicted octanol–water partition coefficient (Wildman–Crippen LogP) is 5.42. The maximum Gasteiger partial charge on any atom is 0.222 e. The normalized spacial score (nSPS) is 14.4. The van der Waals surface area contributed by atoms with Gasteiger partial charge in [-0.25, -0.2) is 0 Å². The minimum atomic E-state index is 0.275. The van der Waals surface area contributed by atoms with Crippen LogP contribution >= 0.6 is 0 Å². The molecule has 3 heteroatoms. The highest BCUT2D eigenvalue weighted by Gasteiger charge is 2.18. The SMILES string of the molecule is Cc1ccc2[nH]c(C)c(CCCC(=O)N3CC=C(c4ccccc4)CC3)c2c1. The van der Waals surface area contributed by atoms with Crippen molar-refractivity contribution in [3.63, 3.8) is 0 Å². The summed E-state index contributed by atoms with van der Waals surface area (Å²) in [5.41, 5.74) is 7.68. The molecule has 0 radical (unpaired) electrons. The maximum absolute atomic E-state index is 12.7. The van der Waals surface area contributed by atoms with E-state index >= 15 is 0 Å². The molecule has 0 unspecified atom stereocenters. The third-order valence-electron chi connectivity index (χ3n) is 5.80. The van der Waals surface area contributed by atoms with Gasteiger partial charge in [-0.15, -0.1) is 0 Å². The standard InChI is InChI=1S/C25H28N2O/c1-18-11-12-24-23(17-18)22(19(2)26-24)9-6-10-25(28)27-15-13-21(14-16-27)20-7-4-3-5-8-20/h3-5,7-8,11-13,17,26H,6,9-10,14-16H2,1-2H3. The molecule has 0 bridgehead atoms. The van der Waals surface area contributed by atoms with E-state index in [9.17, 15) is 4.79 Å². The number of aryl methyl sites for hydroxylation is 3. The van der Waals surface area contributed by atoms with Crippen molar-refractivity contribution in [1.82, 2.24) is 9.88 Å². The molecule has 2 heterocycles. The third kappa shape index (κ3) is 3.89. The van der Waals surface area contributed by atoms with E-state index in [2.05, 4.69) is 67.4 Å². The van der Waals surface area contributed by atoms with Crippen LogP contribution in [0.25, 0.3) is 16.5 Å². The number of aromatic amines is 1. The molecular formula is C25H28N2O. The molecule has 3 aromatic rings. The number of aromatic nitrogens is 1. The van der Waals surface area contributed by atoms with Gasteiger partial charge < -0.3 is 9.88 Å². The van der Waals surface area contributed by atoms with E-state index in [1.165, 1.54) is 38.9 Å². The first kappa shape index (κ1) is 18.5. The fraction of sp³-hybridized carbons (Fsp3) is 0.320. The number of H-pyrrole nitrogens is 1. The number of amides is 1. The van der Waals surface area contributed by atoms with Gasteiger partial charge in [-0.3, -0.25) is 4.79 Å². The summed E-state index contributed by atoms with van der Waals surface area (Å²) >= 11 is 0. The Bertz CT molecular complexity index is 1010. The Balaban J connectivity index is 1.34. The van der Waals surface area contributed by atoms with Crippen LogP contribution in [-0.2, 0) is 11.2 Å². The zero-order chi connectivity index (χ0) is 19.5. The molecule has 144 valence electrons. The monoisotopic (exact) mass is 372 g/mol. The number of hydrogen-bond donors (Lipinski definition) is 1. The summed E-state index contributed by atoms with van der Waals surface area (Å²) in [6.45, 7) is 5.81. The fourth-order valence-electron chi connectivity index (χ4n) is 4.20. The molecule has 1 amide bonds. The van der Waals surface area contributed by atoms with E-state index in [1.54, 1.807) is 0 Å². The van der Waals surface area contributed by atoms with Crippen molar-refractivity contribution >= 4 is 22.4 Å². The molecule has 1 aliphatic heterocycles. The van der Waals surface area contributed by atoms with Gasteiger partial charge in [-0.2, -0.15) is 0 Å². The van der Waals surface area contributed by atoms with Gasteiger partial charge in [-0.1, -0.05) is 48.0 Å². The number of hydrogen-bond acceptors (Lipinski definition) is 1. The lowest BCUT2D eigenvalue weighted by molar-refractivity contribution is -0.130. The van der Waals surface area contributed by atoms with Gasteiger partial charge in [0, 0.05) is 36.1 Å². The molecule has 0 spiro atoms. The largest absolute Gasteiger partial charge is 0.358 e. The van der Waals surface area contributed by atoms with Gasteiger partial charge >= 0.3 is 0 Å². The molecule has 1 N–H and O–H groups in total. The smallest absolute Gasteiger partial charge is 0.222 e. The van der Waals surface area contributed by atoms with E-state index in [4.69, 9.17) is 0 Å². The van der Waals surface area contributed by atoms with Crippen molar-refractivity contribution in [3.8, 4) is 0 Å². The van der Waals surface area contributed by atoms with E-state index in [1.807, 2.05) is 11.0 Å². The number of rotatable bonds is 5. The molecule has 1 aliphatic rings. The van der Waals surface area contributed by atoms with Crippen LogP contribution in [0.2, 0.25) is 0 Å². The average molecular weight is 373 g/mol. The molecule has 0 saturated carbocycles. The van der Waals surface area contributed by atoms with Crippen molar-refractivity contribution in [2.75, 3.05) is 13.1 Å². The molecule has 0 saturated heterocycles. The molecule has 1 aromatic heterocycles. The maximum atomic E-state index is 12.7. The van der Waals surface area contributed by atoms with E-state index in [0.717, 1.165) is 32.4 Å². The van der Waals surface area contributed by atoms with Crippen molar-refractivity contribution in [3.05, 3.63) is 77.0 Å². The Morgan fingerprint density at radius 2 is 1.93 bits per heavy atom. The Labute approximate surface area is 167 Å². The summed E-state index contributed by atoms with van der Waals surface area (Å²) in [5, 5.41) is 1.30. The van der Waals surface area contributed by atoms with Crippen LogP contribution in [0.5, 0.6) is 0 Å². The topological polar surface area (TPSA) is 36.1 Å². The minimum absolute atomic E-state index is 0.275. The van der Waals surface area contributed by atoms with E-state index in [-0.39, 0.29) is 5.91 Å². The van der Waals surface area contributed by atoms with Gasteiger partial charge in [0.1, 0.15) is 0 Å². The second-order valence-electron chi connectivity index (χ2n) is 7.82. The van der Waals surface area contributed by atoms with Gasteiger partial charge in [-0.05, 0) is 61.9 Å². The van der Waals surface area contributed by atoms with Crippen LogP contribution in [0.15, 0.2) is 54.6 Å². The van der Waals surface area contributed by atoms with Crippen molar-refractivity contribution in [2.45, 2.75) is 39.5 Å². The van der Waals surface area contributed by atoms with Crippen LogP contribution in [-0.4, -0.2) is 28.9 Å². The Hall–Kier alpha value is -2.81. The molecule has 28 heavy (non-hydrogen) atoms. The van der Waals surface area contributed by atoms with Crippen LogP contribution in [0, 0.1) is 13.8 Å². The second-order valence-corrected chi connectivity index (χ2v) is 7.82. The molecular weight excluding hydrogens is 344 g/mol. The quantitative estimate of drug-likeness (QED) is 0.637. The number of nitrogens with zero attached hydrogens (tertiary/aromatic N) is 1. The van der Waals surface area contributed by atoms with Gasteiger partial charge in [0.15, 0.2) is 0 Å². The molecule has 0 atom stereocenters. The van der Waals surface area contributed by atoms with Crippen LogP contribution in [0.3, 0.4) is 0 Å². The zero-order valence-electron chi connectivity index (χ0n) is 16.8. The minimum Gasteiger partial charge on any atom is -0.358 e. The van der Waals surface area contributed by atoms with E-state index in [0.29, 0.717) is 6.42 Å². The Morgan fingerprint density at radius 3 is 2.68 bits per heavy atom. The number of nitrogens with one attached hydrogen (secondary N) is 1. The molecule has 0 aliphatic carbocycles. The molecule has 0 fully saturated rings. The summed E-state index contributed by atoms with van der Waals surface area (Å²) in [7, 11) is 0. The lowest BCUT2D eigenvalue weighted by Gasteiger charge is -2.26. The lowest BCUT2D eigenvalue weighted by Crippen LogP contribution is -2.34. The zero-order valence-corrected chi connectivity index (χ0v) is 16.8. The number of fused-ring (bicyclic) bond motifs is 1. The van der Waals surface area contributed by atoms with Gasteiger partial charge in [0.2, 0.25) is 5.91 Å². The number of benzene rings is 2. The summed E-state index contributed by atoms with van der Waals surface area (Å²) in [5.74, 6) is 0.275. The van der Waals surface area contributed by atoms with Gasteiger partial charge in [0.25, 0.3) is 0 Å².